The molecule has 1 aromatic heterocycles. The van der Waals surface area contributed by atoms with Crippen LogP contribution in [-0.4, -0.2) is 121 Å². The molecule has 6 amide bonds. The molecule has 0 aliphatic carbocycles. The van der Waals surface area contributed by atoms with Crippen molar-refractivity contribution in [2.45, 2.75) is 122 Å². The third-order valence-electron chi connectivity index (χ3n) is 11.2. The Hall–Kier alpha value is -6.50. The predicted octanol–water partition coefficient (Wildman–Crippen LogP) is 1.07. The number of aromatic hydroxyl groups is 1. The van der Waals surface area contributed by atoms with Crippen molar-refractivity contribution in [3.05, 3.63) is 65.9 Å². The molecular formula is C44H60N8O11. The summed E-state index contributed by atoms with van der Waals surface area (Å²) >= 11 is 0. The second-order valence-corrected chi connectivity index (χ2v) is 17.0. The fraction of sp³-hybridized carbons (Fsp3) is 0.500. The van der Waals surface area contributed by atoms with Crippen molar-refractivity contribution in [2.75, 3.05) is 6.54 Å². The Morgan fingerprint density at radius 1 is 0.794 bits per heavy atom. The zero-order chi connectivity index (χ0) is 46.8. The van der Waals surface area contributed by atoms with E-state index in [1.54, 1.807) is 58.2 Å². The van der Waals surface area contributed by atoms with Gasteiger partial charge in [0, 0.05) is 36.5 Å². The lowest BCUT2D eigenvalue weighted by molar-refractivity contribution is -0.149. The summed E-state index contributed by atoms with van der Waals surface area (Å²) in [6.45, 7) is 9.75. The van der Waals surface area contributed by atoms with Crippen LogP contribution in [0.25, 0.3) is 10.9 Å². The van der Waals surface area contributed by atoms with Crippen LogP contribution >= 0.6 is 0 Å². The summed E-state index contributed by atoms with van der Waals surface area (Å²) in [4.78, 5) is 111. The minimum atomic E-state index is -1.62. The minimum Gasteiger partial charge on any atom is -0.508 e. The Bertz CT molecular complexity index is 2150. The van der Waals surface area contributed by atoms with Gasteiger partial charge in [-0.3, -0.25) is 33.6 Å². The molecule has 4 rings (SSSR count). The number of H-pyrrole nitrogens is 1. The van der Waals surface area contributed by atoms with E-state index in [0.29, 0.717) is 24.0 Å². The largest absolute Gasteiger partial charge is 0.508 e. The van der Waals surface area contributed by atoms with Crippen LogP contribution < -0.4 is 32.3 Å². The maximum absolute atomic E-state index is 14.3. The summed E-state index contributed by atoms with van der Waals surface area (Å²) in [6.07, 6.45) is 1.74. The Balaban J connectivity index is 1.61. The summed E-state index contributed by atoms with van der Waals surface area (Å²) in [6, 6.07) is 5.30. The number of hydrogen-bond acceptors (Lipinski definition) is 10. The number of phenolic OH excluding ortho intramolecular Hbond substituents is 1. The number of carboxylic acids is 2. The summed E-state index contributed by atoms with van der Waals surface area (Å²) in [5, 5.41) is 43.1. The van der Waals surface area contributed by atoms with Crippen LogP contribution in [0.4, 0.5) is 0 Å². The number of carboxylic acid groups (broad SMARTS) is 2. The smallest absolute Gasteiger partial charge is 0.326 e. The normalized spacial score (nSPS) is 16.8. The molecular weight excluding hydrogens is 817 g/mol. The highest BCUT2D eigenvalue weighted by Crippen LogP contribution is 2.22. The first-order valence-electron chi connectivity index (χ1n) is 21.0. The van der Waals surface area contributed by atoms with E-state index in [0.717, 1.165) is 10.9 Å². The Morgan fingerprint density at radius 2 is 1.40 bits per heavy atom. The molecule has 1 aliphatic rings. The average Bonchev–Trinajstić information content (AvgIpc) is 3.88. The van der Waals surface area contributed by atoms with E-state index < -0.39 is 107 Å². The molecule has 19 heteroatoms. The number of carbonyl (C=O) groups is 8. The lowest BCUT2D eigenvalue weighted by atomic mass is 9.95. The number of fused-ring (bicyclic) bond motifs is 1. The summed E-state index contributed by atoms with van der Waals surface area (Å²) in [5.74, 6) is -8.43. The number of amides is 6. The first-order chi connectivity index (χ1) is 29.6. The number of likely N-dealkylation sites (tertiary alicyclic amines) is 1. The monoisotopic (exact) mass is 876 g/mol. The SMILES string of the molecule is CC[C@H](C)[C@H](NC(=O)[C@@H](NC(=O)[C@H](Cc1c[nH]c2ccccc12)NC(=O)[C@H](CC(=O)O)NC(=O)C(C)(C)N)C(C)C)C(=O)N[C@@H](Cc1ccc(O)cc1)C(=O)N1CCC[C@H]1C(=O)O. The standard InChI is InChI=1S/C44H60N8O11/c1-7-24(4)36(40(59)48-32(19-25-14-16-27(53)17-15-25)41(60)52-18-10-13-33(52)42(61)62)51-39(58)35(23(2)3)50-38(57)30(20-26-22-46-29-12-9-8-11-28(26)29)47-37(56)31(21-34(54)55)49-43(63)44(5,6)45/h8-9,11-12,14-17,22-24,30-33,35-36,46,53H,7,10,13,18-21,45H2,1-6H3,(H,47,56)(H,48,59)(H,49,63)(H,50,57)(H,51,58)(H,54,55)(H,61,62)/t24-,30-,31-,32-,33-,35-,36-/m0/s1. The number of rotatable bonds is 21. The van der Waals surface area contributed by atoms with E-state index >= 15 is 0 Å². The van der Waals surface area contributed by atoms with Crippen LogP contribution in [0.2, 0.25) is 0 Å². The third kappa shape index (κ3) is 13.2. The number of aromatic amines is 1. The van der Waals surface area contributed by atoms with Gasteiger partial charge < -0.3 is 57.5 Å². The third-order valence-corrected chi connectivity index (χ3v) is 11.2. The van der Waals surface area contributed by atoms with Crippen LogP contribution in [0.5, 0.6) is 5.75 Å². The van der Waals surface area contributed by atoms with Crippen molar-refractivity contribution < 1.29 is 53.7 Å². The van der Waals surface area contributed by atoms with Crippen molar-refractivity contribution in [3.8, 4) is 5.75 Å². The number of aromatic nitrogens is 1. The highest BCUT2D eigenvalue weighted by atomic mass is 16.4. The maximum Gasteiger partial charge on any atom is 0.326 e. The summed E-state index contributed by atoms with van der Waals surface area (Å²) in [5.41, 5.74) is 6.33. The van der Waals surface area contributed by atoms with Crippen molar-refractivity contribution in [1.29, 1.82) is 0 Å². The van der Waals surface area contributed by atoms with Gasteiger partial charge in [0.25, 0.3) is 0 Å². The van der Waals surface area contributed by atoms with E-state index in [1.807, 2.05) is 12.1 Å². The van der Waals surface area contributed by atoms with E-state index in [-0.39, 0.29) is 31.6 Å². The molecule has 0 bridgehead atoms. The van der Waals surface area contributed by atoms with Gasteiger partial charge in [0.1, 0.15) is 42.0 Å². The minimum absolute atomic E-state index is 0.0170. The van der Waals surface area contributed by atoms with Crippen LogP contribution in [0.3, 0.4) is 0 Å². The molecule has 3 aromatic rings. The molecule has 0 saturated carbocycles. The van der Waals surface area contributed by atoms with Gasteiger partial charge in [-0.2, -0.15) is 0 Å². The number of nitrogens with two attached hydrogens (primary N) is 1. The second kappa shape index (κ2) is 21.5. The molecule has 19 nitrogen and oxygen atoms in total. The van der Waals surface area contributed by atoms with Crippen LogP contribution in [0, 0.1) is 11.8 Å². The van der Waals surface area contributed by atoms with Gasteiger partial charge >= 0.3 is 11.9 Å². The molecule has 11 N–H and O–H groups in total. The maximum atomic E-state index is 14.3. The van der Waals surface area contributed by atoms with Crippen molar-refractivity contribution in [1.82, 2.24) is 36.5 Å². The molecule has 0 unspecified atom stereocenters. The average molecular weight is 877 g/mol. The Kier molecular flexibility index (Phi) is 16.8. The van der Waals surface area contributed by atoms with Gasteiger partial charge in [0.2, 0.25) is 35.4 Å². The molecule has 1 aliphatic heterocycles. The van der Waals surface area contributed by atoms with E-state index in [9.17, 15) is 53.7 Å². The van der Waals surface area contributed by atoms with E-state index in [1.165, 1.54) is 30.9 Å². The van der Waals surface area contributed by atoms with Crippen molar-refractivity contribution in [3.63, 3.8) is 0 Å². The predicted molar refractivity (Wildman–Crippen MR) is 231 cm³/mol. The van der Waals surface area contributed by atoms with Gasteiger partial charge in [-0.05, 0) is 67.9 Å². The number of carbonyl (C=O) groups excluding carboxylic acids is 6. The van der Waals surface area contributed by atoms with E-state index in [2.05, 4.69) is 31.6 Å². The zero-order valence-electron chi connectivity index (χ0n) is 36.4. The Labute approximate surface area is 365 Å². The summed E-state index contributed by atoms with van der Waals surface area (Å²) < 4.78 is 0. The highest BCUT2D eigenvalue weighted by molar-refractivity contribution is 5.98. The van der Waals surface area contributed by atoms with Gasteiger partial charge in [0.05, 0.1) is 12.0 Å². The lowest BCUT2D eigenvalue weighted by Gasteiger charge is -2.32. The lowest BCUT2D eigenvalue weighted by Crippen LogP contribution is -2.62. The molecule has 0 radical (unpaired) electrons. The molecule has 342 valence electrons. The second-order valence-electron chi connectivity index (χ2n) is 17.0. The molecule has 2 heterocycles. The van der Waals surface area contributed by atoms with Crippen molar-refractivity contribution >= 4 is 58.3 Å². The topological polar surface area (TPSA) is 302 Å². The van der Waals surface area contributed by atoms with E-state index in [4.69, 9.17) is 5.73 Å². The Morgan fingerprint density at radius 3 is 2.00 bits per heavy atom. The summed E-state index contributed by atoms with van der Waals surface area (Å²) in [7, 11) is 0. The first kappa shape index (κ1) is 49.2. The van der Waals surface area contributed by atoms with Gasteiger partial charge in [0.15, 0.2) is 0 Å². The van der Waals surface area contributed by atoms with Crippen LogP contribution in [0.15, 0.2) is 54.7 Å². The first-order valence-corrected chi connectivity index (χ1v) is 21.0. The van der Waals surface area contributed by atoms with Crippen LogP contribution in [0.1, 0.15) is 78.4 Å². The molecule has 1 fully saturated rings. The highest BCUT2D eigenvalue weighted by Gasteiger charge is 2.40. The van der Waals surface area contributed by atoms with Gasteiger partial charge in [-0.1, -0.05) is 64.4 Å². The number of aliphatic carboxylic acids is 2. The molecule has 1 saturated heterocycles. The van der Waals surface area contributed by atoms with Gasteiger partial charge in [-0.15, -0.1) is 0 Å². The number of benzene rings is 2. The molecule has 2 aromatic carbocycles. The number of hydrogen-bond donors (Lipinski definition) is 10. The quantitative estimate of drug-likeness (QED) is 0.0719. The molecule has 7 atom stereocenters. The number of para-hydroxylation sites is 1. The fourth-order valence-corrected chi connectivity index (χ4v) is 7.28. The van der Waals surface area contributed by atoms with Crippen molar-refractivity contribution in [2.24, 2.45) is 17.6 Å². The number of phenols is 1. The number of nitrogens with zero attached hydrogens (tertiary/aromatic N) is 1. The fourth-order valence-electron chi connectivity index (χ4n) is 7.28. The zero-order valence-corrected chi connectivity index (χ0v) is 36.4. The molecule has 0 spiro atoms. The van der Waals surface area contributed by atoms with Crippen LogP contribution in [-0.2, 0) is 51.2 Å². The number of nitrogens with one attached hydrogen (secondary N) is 6. The van der Waals surface area contributed by atoms with Gasteiger partial charge in [-0.25, -0.2) is 4.79 Å². The molecule has 63 heavy (non-hydrogen) atoms.